The van der Waals surface area contributed by atoms with E-state index in [0.717, 1.165) is 0 Å². The molecule has 9 heteroatoms. The topological polar surface area (TPSA) is 151 Å². The third kappa shape index (κ3) is 4.30. The number of carboxylic acids is 2. The van der Waals surface area contributed by atoms with Crippen molar-refractivity contribution in [1.29, 1.82) is 0 Å². The largest absolute Gasteiger partial charge is 0.490 e. The first kappa shape index (κ1) is 21.4. The van der Waals surface area contributed by atoms with E-state index in [1.807, 2.05) is 0 Å². The van der Waals surface area contributed by atoms with E-state index in [4.69, 9.17) is 14.6 Å². The van der Waals surface area contributed by atoms with E-state index in [0.29, 0.717) is 0 Å². The number of ether oxygens (including phenoxy) is 2. The summed E-state index contributed by atoms with van der Waals surface area (Å²) in [5.74, 6) is -6.07. The molecule has 0 aliphatic heterocycles. The third-order valence-electron chi connectivity index (χ3n) is 3.24. The van der Waals surface area contributed by atoms with Gasteiger partial charge in [-0.15, -0.1) is 0 Å². The Balaban J connectivity index is 3.65. The van der Waals surface area contributed by atoms with Gasteiger partial charge in [0.05, 0.1) is 12.2 Å². The minimum absolute atomic E-state index is 0.111. The van der Waals surface area contributed by atoms with E-state index < -0.39 is 47.2 Å². The summed E-state index contributed by atoms with van der Waals surface area (Å²) in [4.78, 5) is 35.3. The maximum absolute atomic E-state index is 12.8. The van der Waals surface area contributed by atoms with Crippen molar-refractivity contribution in [2.45, 2.75) is 51.6 Å². The van der Waals surface area contributed by atoms with Crippen LogP contribution in [0.2, 0.25) is 0 Å². The number of hydrogen-bond donors (Lipinski definition) is 4. The van der Waals surface area contributed by atoms with Gasteiger partial charge in [0.1, 0.15) is 17.1 Å². The minimum Gasteiger partial charge on any atom is -0.490 e. The van der Waals surface area contributed by atoms with Gasteiger partial charge in [-0.25, -0.2) is 9.59 Å². The molecule has 0 heterocycles. The molecular weight excluding hydrogens is 348 g/mol. The van der Waals surface area contributed by atoms with E-state index in [1.54, 1.807) is 27.7 Å². The van der Waals surface area contributed by atoms with Crippen LogP contribution in [0.15, 0.2) is 18.2 Å². The van der Waals surface area contributed by atoms with Gasteiger partial charge in [-0.05, 0) is 39.8 Å². The maximum Gasteiger partial charge on any atom is 0.347 e. The second-order valence-corrected chi connectivity index (χ2v) is 6.10. The predicted molar refractivity (Wildman–Crippen MR) is 88.5 cm³/mol. The highest BCUT2D eigenvalue weighted by Crippen LogP contribution is 2.34. The molecule has 0 saturated carbocycles. The monoisotopic (exact) mass is 370 g/mol. The van der Waals surface area contributed by atoms with E-state index in [2.05, 4.69) is 0 Å². The van der Waals surface area contributed by atoms with Crippen molar-refractivity contribution in [3.05, 3.63) is 23.8 Å². The highest BCUT2D eigenvalue weighted by Gasteiger charge is 2.56. The molecule has 1 rings (SSSR count). The van der Waals surface area contributed by atoms with Crippen LogP contribution in [0.4, 0.5) is 0 Å². The summed E-state index contributed by atoms with van der Waals surface area (Å²) in [6, 6.07) is 4.17. The SMILES string of the molecule is CC(C)Oc1cccc(OC(C)C)c1C(=O)C(O)(C(=O)O)C(O)C(=O)O. The van der Waals surface area contributed by atoms with Crippen LogP contribution in [0.25, 0.3) is 0 Å². The fraction of sp³-hybridized carbons (Fsp3) is 0.471. The summed E-state index contributed by atoms with van der Waals surface area (Å²) in [5.41, 5.74) is -4.10. The molecule has 0 spiro atoms. The van der Waals surface area contributed by atoms with Gasteiger partial charge in [-0.3, -0.25) is 4.79 Å². The molecule has 0 amide bonds. The van der Waals surface area contributed by atoms with Gasteiger partial charge in [0.15, 0.2) is 6.10 Å². The van der Waals surface area contributed by atoms with Crippen LogP contribution in [0.3, 0.4) is 0 Å². The summed E-state index contributed by atoms with van der Waals surface area (Å²) in [7, 11) is 0. The van der Waals surface area contributed by atoms with Gasteiger partial charge in [0, 0.05) is 0 Å². The number of carbonyl (C=O) groups excluding carboxylic acids is 1. The molecule has 4 N–H and O–H groups in total. The van der Waals surface area contributed by atoms with Crippen LogP contribution in [-0.4, -0.2) is 62.1 Å². The molecule has 1 aromatic rings. The second-order valence-electron chi connectivity index (χ2n) is 6.10. The molecule has 9 nitrogen and oxygen atoms in total. The first-order valence-corrected chi connectivity index (χ1v) is 7.80. The third-order valence-corrected chi connectivity index (χ3v) is 3.24. The van der Waals surface area contributed by atoms with Gasteiger partial charge in [0.2, 0.25) is 5.78 Å². The van der Waals surface area contributed by atoms with Crippen LogP contribution >= 0.6 is 0 Å². The van der Waals surface area contributed by atoms with Crippen molar-refractivity contribution in [3.63, 3.8) is 0 Å². The molecule has 0 radical (unpaired) electrons. The summed E-state index contributed by atoms with van der Waals surface area (Å²) >= 11 is 0. The lowest BCUT2D eigenvalue weighted by atomic mass is 9.86. The highest BCUT2D eigenvalue weighted by molar-refractivity contribution is 6.19. The number of carbonyl (C=O) groups is 3. The Kier molecular flexibility index (Phi) is 6.71. The van der Waals surface area contributed by atoms with Crippen molar-refractivity contribution in [2.24, 2.45) is 0 Å². The number of carboxylic acid groups (broad SMARTS) is 2. The van der Waals surface area contributed by atoms with Gasteiger partial charge in [-0.1, -0.05) is 6.07 Å². The van der Waals surface area contributed by atoms with E-state index in [-0.39, 0.29) is 11.5 Å². The Morgan fingerprint density at radius 3 is 1.69 bits per heavy atom. The van der Waals surface area contributed by atoms with Gasteiger partial charge in [-0.2, -0.15) is 0 Å². The summed E-state index contributed by atoms with van der Waals surface area (Å²) < 4.78 is 10.9. The van der Waals surface area contributed by atoms with Crippen LogP contribution < -0.4 is 9.47 Å². The Bertz CT molecular complexity index is 667. The Labute approximate surface area is 149 Å². The smallest absolute Gasteiger partial charge is 0.347 e. The molecule has 0 aromatic heterocycles. The number of Topliss-reactive ketones (excluding diaryl/α,β-unsaturated/α-hetero) is 1. The van der Waals surface area contributed by atoms with Gasteiger partial charge < -0.3 is 29.9 Å². The molecule has 0 saturated heterocycles. The van der Waals surface area contributed by atoms with E-state index >= 15 is 0 Å². The van der Waals surface area contributed by atoms with Crippen LogP contribution in [0.5, 0.6) is 11.5 Å². The Morgan fingerprint density at radius 2 is 1.38 bits per heavy atom. The number of aliphatic hydroxyl groups excluding tert-OH is 1. The molecule has 144 valence electrons. The normalized spacial score (nSPS) is 14.6. The second kappa shape index (κ2) is 8.15. The molecule has 26 heavy (non-hydrogen) atoms. The quantitative estimate of drug-likeness (QED) is 0.364. The van der Waals surface area contributed by atoms with Crippen molar-refractivity contribution in [2.75, 3.05) is 0 Å². The van der Waals surface area contributed by atoms with E-state index in [9.17, 15) is 29.7 Å². The van der Waals surface area contributed by atoms with Crippen molar-refractivity contribution in [3.8, 4) is 11.5 Å². The van der Waals surface area contributed by atoms with Crippen molar-refractivity contribution >= 4 is 17.7 Å². The summed E-state index contributed by atoms with van der Waals surface area (Å²) in [6.45, 7) is 6.61. The maximum atomic E-state index is 12.8. The van der Waals surface area contributed by atoms with Gasteiger partial charge in [0.25, 0.3) is 5.60 Å². The average Bonchev–Trinajstić information content (AvgIpc) is 2.51. The zero-order valence-electron chi connectivity index (χ0n) is 14.8. The number of rotatable bonds is 9. The number of aliphatic hydroxyl groups is 2. The lowest BCUT2D eigenvalue weighted by Gasteiger charge is -2.27. The first-order valence-electron chi connectivity index (χ1n) is 7.80. The molecule has 0 fully saturated rings. The lowest BCUT2D eigenvalue weighted by molar-refractivity contribution is -0.175. The zero-order valence-corrected chi connectivity index (χ0v) is 14.8. The molecule has 0 aliphatic rings. The molecular formula is C17H22O9. The van der Waals surface area contributed by atoms with Crippen molar-refractivity contribution < 1.29 is 44.3 Å². The summed E-state index contributed by atoms with van der Waals surface area (Å²) in [6.07, 6.45) is -3.73. The van der Waals surface area contributed by atoms with Crippen LogP contribution in [-0.2, 0) is 9.59 Å². The molecule has 0 aliphatic carbocycles. The lowest BCUT2D eigenvalue weighted by Crippen LogP contribution is -2.59. The first-order chi connectivity index (χ1) is 11.9. The zero-order chi connectivity index (χ0) is 20.2. The van der Waals surface area contributed by atoms with E-state index in [1.165, 1.54) is 18.2 Å². The number of aliphatic carboxylic acids is 2. The number of ketones is 1. The summed E-state index contributed by atoms with van der Waals surface area (Å²) in [5, 5.41) is 38.1. The van der Waals surface area contributed by atoms with Crippen molar-refractivity contribution in [1.82, 2.24) is 0 Å². The number of benzene rings is 1. The number of hydrogen-bond acceptors (Lipinski definition) is 7. The molecule has 1 aromatic carbocycles. The fourth-order valence-electron chi connectivity index (χ4n) is 2.15. The Morgan fingerprint density at radius 1 is 0.962 bits per heavy atom. The molecule has 2 unspecified atom stereocenters. The molecule has 0 bridgehead atoms. The standard InChI is InChI=1S/C17H22O9/c1-8(2)25-10-6-5-7-11(26-9(3)4)12(10)13(18)17(24,16(22)23)14(19)15(20)21/h5-9,14,19,24H,1-4H3,(H,20,21)(H,22,23). The van der Waals surface area contributed by atoms with Crippen LogP contribution in [0, 0.1) is 0 Å². The van der Waals surface area contributed by atoms with Gasteiger partial charge >= 0.3 is 11.9 Å². The highest BCUT2D eigenvalue weighted by atomic mass is 16.5. The fourth-order valence-corrected chi connectivity index (χ4v) is 2.15. The minimum atomic E-state index is -3.63. The predicted octanol–water partition coefficient (Wildman–Crippen LogP) is 0.705. The van der Waals surface area contributed by atoms with Crippen LogP contribution in [0.1, 0.15) is 38.1 Å². The Hall–Kier alpha value is -2.65. The average molecular weight is 370 g/mol. The molecule has 2 atom stereocenters.